The zero-order chi connectivity index (χ0) is 16.1. The molecule has 4 nitrogen and oxygen atoms in total. The molecule has 0 bridgehead atoms. The normalized spacial score (nSPS) is 10.8. The Morgan fingerprint density at radius 2 is 1.83 bits per heavy atom. The maximum Gasteiger partial charge on any atom is 0.343 e. The summed E-state index contributed by atoms with van der Waals surface area (Å²) in [5, 5.41) is 7.42. The topological polar surface area (TPSA) is 50.7 Å². The van der Waals surface area contributed by atoms with Gasteiger partial charge in [-0.05, 0) is 23.6 Å². The summed E-state index contributed by atoms with van der Waals surface area (Å²) in [7, 11) is 0. The SMILES string of the molecule is O=c1[nH]nc(SCc2ccccc2Br)n1CCc1ccccc1. The maximum absolute atomic E-state index is 12.0. The Labute approximate surface area is 147 Å². The summed E-state index contributed by atoms with van der Waals surface area (Å²) in [6.07, 6.45) is 0.808. The minimum Gasteiger partial charge on any atom is -0.270 e. The summed E-state index contributed by atoms with van der Waals surface area (Å²) in [4.78, 5) is 12.0. The molecule has 23 heavy (non-hydrogen) atoms. The summed E-state index contributed by atoms with van der Waals surface area (Å²) in [6.45, 7) is 0.623. The van der Waals surface area contributed by atoms with E-state index in [4.69, 9.17) is 0 Å². The maximum atomic E-state index is 12.0. The third kappa shape index (κ3) is 4.14. The number of halogens is 1. The molecule has 0 amide bonds. The molecule has 0 aliphatic heterocycles. The largest absolute Gasteiger partial charge is 0.343 e. The van der Waals surface area contributed by atoms with Gasteiger partial charge in [-0.15, -0.1) is 5.10 Å². The van der Waals surface area contributed by atoms with Crippen LogP contribution >= 0.6 is 27.7 Å². The van der Waals surface area contributed by atoms with E-state index in [2.05, 4.69) is 44.3 Å². The summed E-state index contributed by atoms with van der Waals surface area (Å²) < 4.78 is 2.77. The zero-order valence-corrected chi connectivity index (χ0v) is 14.8. The molecule has 0 aliphatic rings. The Balaban J connectivity index is 1.69. The van der Waals surface area contributed by atoms with Gasteiger partial charge in [0.25, 0.3) is 0 Å². The van der Waals surface area contributed by atoms with Crippen molar-refractivity contribution in [2.24, 2.45) is 0 Å². The number of benzene rings is 2. The van der Waals surface area contributed by atoms with Crippen molar-refractivity contribution in [3.05, 3.63) is 80.7 Å². The molecule has 1 N–H and O–H groups in total. The van der Waals surface area contributed by atoms with Gasteiger partial charge in [0, 0.05) is 16.8 Å². The van der Waals surface area contributed by atoms with E-state index in [-0.39, 0.29) is 5.69 Å². The second-order valence-electron chi connectivity index (χ2n) is 5.08. The average Bonchev–Trinajstić information content (AvgIpc) is 2.93. The number of nitrogens with one attached hydrogen (secondary N) is 1. The number of hydrogen-bond acceptors (Lipinski definition) is 3. The molecule has 6 heteroatoms. The van der Waals surface area contributed by atoms with Crippen molar-refractivity contribution in [1.29, 1.82) is 0 Å². The van der Waals surface area contributed by atoms with Crippen molar-refractivity contribution in [2.45, 2.75) is 23.9 Å². The summed E-state index contributed by atoms with van der Waals surface area (Å²) >= 11 is 5.11. The molecule has 0 saturated heterocycles. The first-order chi connectivity index (χ1) is 11.2. The summed E-state index contributed by atoms with van der Waals surface area (Å²) in [5.41, 5.74) is 2.24. The van der Waals surface area contributed by atoms with Crippen molar-refractivity contribution in [3.8, 4) is 0 Å². The van der Waals surface area contributed by atoms with E-state index < -0.39 is 0 Å². The molecule has 1 heterocycles. The van der Waals surface area contributed by atoms with Crippen LogP contribution in [0, 0.1) is 0 Å². The van der Waals surface area contributed by atoms with Crippen molar-refractivity contribution in [3.63, 3.8) is 0 Å². The van der Waals surface area contributed by atoms with Gasteiger partial charge in [-0.3, -0.25) is 4.57 Å². The van der Waals surface area contributed by atoms with E-state index in [1.165, 1.54) is 11.1 Å². The Morgan fingerprint density at radius 3 is 2.61 bits per heavy atom. The number of aryl methyl sites for hydroxylation is 1. The van der Waals surface area contributed by atoms with Gasteiger partial charge in [-0.1, -0.05) is 76.2 Å². The first-order valence-electron chi connectivity index (χ1n) is 7.29. The lowest BCUT2D eigenvalue weighted by Gasteiger charge is -2.06. The van der Waals surface area contributed by atoms with Crippen LogP contribution in [0.2, 0.25) is 0 Å². The van der Waals surface area contributed by atoms with Crippen molar-refractivity contribution in [1.82, 2.24) is 14.8 Å². The average molecular weight is 390 g/mol. The Bertz CT molecular complexity index is 829. The summed E-state index contributed by atoms with van der Waals surface area (Å²) in [5.74, 6) is 0.761. The van der Waals surface area contributed by atoms with E-state index in [0.29, 0.717) is 6.54 Å². The molecule has 0 unspecified atom stereocenters. The van der Waals surface area contributed by atoms with Crippen LogP contribution in [0.1, 0.15) is 11.1 Å². The molecule has 0 atom stereocenters. The Hall–Kier alpha value is -1.79. The molecule has 3 aromatic rings. The lowest BCUT2D eigenvalue weighted by molar-refractivity contribution is 0.616. The minimum atomic E-state index is -0.157. The van der Waals surface area contributed by atoms with Crippen LogP contribution in [0.25, 0.3) is 0 Å². The third-order valence-electron chi connectivity index (χ3n) is 3.50. The Kier molecular flexibility index (Phi) is 5.35. The highest BCUT2D eigenvalue weighted by Crippen LogP contribution is 2.25. The highest BCUT2D eigenvalue weighted by molar-refractivity contribution is 9.10. The monoisotopic (exact) mass is 389 g/mol. The lowest BCUT2D eigenvalue weighted by Crippen LogP contribution is -2.18. The van der Waals surface area contributed by atoms with Gasteiger partial charge in [0.15, 0.2) is 5.16 Å². The van der Waals surface area contributed by atoms with Gasteiger partial charge in [-0.2, -0.15) is 0 Å². The van der Waals surface area contributed by atoms with Gasteiger partial charge < -0.3 is 0 Å². The van der Waals surface area contributed by atoms with Crippen LogP contribution in [-0.2, 0) is 18.7 Å². The van der Waals surface area contributed by atoms with Crippen LogP contribution < -0.4 is 5.69 Å². The van der Waals surface area contributed by atoms with E-state index in [1.807, 2.05) is 36.4 Å². The molecule has 0 saturated carbocycles. The fourth-order valence-electron chi connectivity index (χ4n) is 2.25. The quantitative estimate of drug-likeness (QED) is 0.651. The van der Waals surface area contributed by atoms with Crippen LogP contribution in [0.15, 0.2) is 69.0 Å². The molecule has 2 aromatic carbocycles. The predicted octanol–water partition coefficient (Wildman–Crippen LogP) is 3.87. The van der Waals surface area contributed by atoms with Crippen molar-refractivity contribution >= 4 is 27.7 Å². The lowest BCUT2D eigenvalue weighted by atomic mass is 10.1. The highest BCUT2D eigenvalue weighted by atomic mass is 79.9. The van der Waals surface area contributed by atoms with Crippen LogP contribution in [-0.4, -0.2) is 14.8 Å². The standard InChI is InChI=1S/C17H16BrN3OS/c18-15-9-5-4-8-14(15)12-23-17-20-19-16(22)21(17)11-10-13-6-2-1-3-7-13/h1-9H,10-12H2,(H,19,22). The molecular formula is C17H16BrN3OS. The summed E-state index contributed by atoms with van der Waals surface area (Å²) in [6, 6.07) is 18.2. The first-order valence-corrected chi connectivity index (χ1v) is 9.07. The number of aromatic nitrogens is 3. The molecule has 118 valence electrons. The van der Waals surface area contributed by atoms with Gasteiger partial charge in [-0.25, -0.2) is 9.89 Å². The fourth-order valence-corrected chi connectivity index (χ4v) is 3.84. The second kappa shape index (κ2) is 7.66. The number of rotatable bonds is 6. The van der Waals surface area contributed by atoms with Crippen LogP contribution in [0.5, 0.6) is 0 Å². The molecule has 0 aliphatic carbocycles. The zero-order valence-electron chi connectivity index (χ0n) is 12.4. The fraction of sp³-hybridized carbons (Fsp3) is 0.176. The molecule has 0 radical (unpaired) electrons. The number of H-pyrrole nitrogens is 1. The van der Waals surface area contributed by atoms with Gasteiger partial charge in [0.1, 0.15) is 0 Å². The number of hydrogen-bond donors (Lipinski definition) is 1. The van der Waals surface area contributed by atoms with E-state index in [9.17, 15) is 4.79 Å². The number of thioether (sulfide) groups is 1. The van der Waals surface area contributed by atoms with Gasteiger partial charge in [0.2, 0.25) is 0 Å². The predicted molar refractivity (Wildman–Crippen MR) is 96.7 cm³/mol. The van der Waals surface area contributed by atoms with E-state index in [1.54, 1.807) is 16.3 Å². The minimum absolute atomic E-state index is 0.157. The number of aromatic amines is 1. The smallest absolute Gasteiger partial charge is 0.270 e. The molecule has 1 aromatic heterocycles. The molecule has 0 spiro atoms. The highest BCUT2D eigenvalue weighted by Gasteiger charge is 2.10. The first kappa shape index (κ1) is 16.1. The van der Waals surface area contributed by atoms with Crippen LogP contribution in [0.3, 0.4) is 0 Å². The molecule has 3 rings (SSSR count). The van der Waals surface area contributed by atoms with E-state index >= 15 is 0 Å². The van der Waals surface area contributed by atoms with Crippen molar-refractivity contribution in [2.75, 3.05) is 0 Å². The molecular weight excluding hydrogens is 374 g/mol. The molecule has 0 fully saturated rings. The second-order valence-corrected chi connectivity index (χ2v) is 6.88. The Morgan fingerprint density at radius 1 is 1.09 bits per heavy atom. The third-order valence-corrected chi connectivity index (χ3v) is 5.30. The number of nitrogens with zero attached hydrogens (tertiary/aromatic N) is 2. The van der Waals surface area contributed by atoms with Crippen molar-refractivity contribution < 1.29 is 0 Å². The van der Waals surface area contributed by atoms with E-state index in [0.717, 1.165) is 21.8 Å². The van der Waals surface area contributed by atoms with Gasteiger partial charge in [0.05, 0.1) is 0 Å². The van der Waals surface area contributed by atoms with Gasteiger partial charge >= 0.3 is 5.69 Å². The van der Waals surface area contributed by atoms with Crippen LogP contribution in [0.4, 0.5) is 0 Å².